The number of aromatic nitrogens is 1. The lowest BCUT2D eigenvalue weighted by Gasteiger charge is -2.12. The maximum absolute atomic E-state index is 14.0. The van der Waals surface area contributed by atoms with Gasteiger partial charge in [-0.2, -0.15) is 0 Å². The van der Waals surface area contributed by atoms with Crippen molar-refractivity contribution in [1.29, 1.82) is 0 Å². The Hall–Kier alpha value is -3.32. The van der Waals surface area contributed by atoms with Crippen LogP contribution in [0.2, 0.25) is 0 Å². The molecule has 5 nitrogen and oxygen atoms in total. The van der Waals surface area contributed by atoms with Gasteiger partial charge in [0.1, 0.15) is 11.6 Å². The van der Waals surface area contributed by atoms with E-state index >= 15 is 0 Å². The Balaban J connectivity index is 1.62. The van der Waals surface area contributed by atoms with E-state index in [1.165, 1.54) is 6.07 Å². The normalized spacial score (nSPS) is 15.2. The molecule has 1 aromatic heterocycles. The lowest BCUT2D eigenvalue weighted by molar-refractivity contribution is -0.123. The van der Waals surface area contributed by atoms with Gasteiger partial charge in [0.05, 0.1) is 18.6 Å². The summed E-state index contributed by atoms with van der Waals surface area (Å²) in [6.07, 6.45) is 1.73. The van der Waals surface area contributed by atoms with Gasteiger partial charge in [-0.3, -0.25) is 14.5 Å². The quantitative estimate of drug-likeness (QED) is 0.497. The van der Waals surface area contributed by atoms with Crippen LogP contribution in [0.5, 0.6) is 5.75 Å². The van der Waals surface area contributed by atoms with Gasteiger partial charge in [-0.15, -0.1) is 0 Å². The summed E-state index contributed by atoms with van der Waals surface area (Å²) >= 11 is 0.877. The number of thioether (sulfide) groups is 1. The lowest BCUT2D eigenvalue weighted by atomic mass is 10.2. The topological polar surface area (TPSA) is 51.5 Å². The highest BCUT2D eigenvalue weighted by Gasteiger charge is 2.35. The van der Waals surface area contributed by atoms with Crippen molar-refractivity contribution in [2.45, 2.75) is 20.4 Å². The smallest absolute Gasteiger partial charge is 0.293 e. The van der Waals surface area contributed by atoms with E-state index in [1.54, 1.807) is 31.4 Å². The van der Waals surface area contributed by atoms with Gasteiger partial charge in [0, 0.05) is 22.6 Å². The first kappa shape index (κ1) is 20.9. The third-order valence-corrected chi connectivity index (χ3v) is 6.15. The maximum atomic E-state index is 14.0. The summed E-state index contributed by atoms with van der Waals surface area (Å²) in [7, 11) is 1.62. The average molecular weight is 437 g/mol. The fourth-order valence-corrected chi connectivity index (χ4v) is 4.47. The number of benzene rings is 2. The van der Waals surface area contributed by atoms with E-state index in [2.05, 4.69) is 4.57 Å². The van der Waals surface area contributed by atoms with Crippen molar-refractivity contribution < 1.29 is 18.7 Å². The van der Waals surface area contributed by atoms with E-state index in [-0.39, 0.29) is 6.54 Å². The van der Waals surface area contributed by atoms with Crippen molar-refractivity contribution in [3.05, 3.63) is 87.8 Å². The molecule has 0 bridgehead atoms. The highest BCUT2D eigenvalue weighted by atomic mass is 32.2. The molecule has 1 aliphatic rings. The third-order valence-electron chi connectivity index (χ3n) is 5.25. The van der Waals surface area contributed by atoms with Gasteiger partial charge in [-0.1, -0.05) is 18.2 Å². The summed E-state index contributed by atoms with van der Waals surface area (Å²) in [6.45, 7) is 3.87. The highest BCUT2D eigenvalue weighted by Crippen LogP contribution is 2.35. The van der Waals surface area contributed by atoms with Gasteiger partial charge >= 0.3 is 0 Å². The second kappa shape index (κ2) is 8.43. The largest absolute Gasteiger partial charge is 0.497 e. The van der Waals surface area contributed by atoms with Gasteiger partial charge in [-0.05, 0) is 73.6 Å². The number of hydrogen-bond acceptors (Lipinski definition) is 4. The summed E-state index contributed by atoms with van der Waals surface area (Å²) in [5.74, 6) is -0.0731. The van der Waals surface area contributed by atoms with Crippen molar-refractivity contribution in [2.24, 2.45) is 0 Å². The first-order chi connectivity index (χ1) is 14.9. The van der Waals surface area contributed by atoms with Gasteiger partial charge < -0.3 is 9.30 Å². The third kappa shape index (κ3) is 4.01. The Labute approximate surface area is 184 Å². The summed E-state index contributed by atoms with van der Waals surface area (Å²) in [5, 5.41) is -0.400. The molecule has 158 valence electrons. The zero-order valence-corrected chi connectivity index (χ0v) is 18.2. The minimum absolute atomic E-state index is 0.0838. The van der Waals surface area contributed by atoms with Crippen LogP contribution in [-0.2, 0) is 11.3 Å². The van der Waals surface area contributed by atoms with E-state index in [9.17, 15) is 14.0 Å². The molecule has 0 unspecified atom stereocenters. The summed E-state index contributed by atoms with van der Waals surface area (Å²) in [4.78, 5) is 26.7. The Bertz CT molecular complexity index is 1200. The average Bonchev–Trinajstić information content (AvgIpc) is 3.19. The van der Waals surface area contributed by atoms with Crippen LogP contribution in [-0.4, -0.2) is 27.7 Å². The summed E-state index contributed by atoms with van der Waals surface area (Å²) < 4.78 is 21.3. The van der Waals surface area contributed by atoms with Crippen LogP contribution < -0.4 is 4.74 Å². The molecular formula is C24H21FN2O3S. The molecule has 0 aliphatic carbocycles. The fourth-order valence-electron chi connectivity index (χ4n) is 3.64. The van der Waals surface area contributed by atoms with E-state index in [4.69, 9.17) is 4.74 Å². The van der Waals surface area contributed by atoms with Crippen LogP contribution in [0, 0.1) is 19.7 Å². The van der Waals surface area contributed by atoms with Crippen LogP contribution in [0.3, 0.4) is 0 Å². The number of carbonyl (C=O) groups is 2. The molecule has 0 atom stereocenters. The van der Waals surface area contributed by atoms with Gasteiger partial charge in [0.25, 0.3) is 11.1 Å². The first-order valence-electron chi connectivity index (χ1n) is 9.71. The van der Waals surface area contributed by atoms with E-state index in [1.807, 2.05) is 44.2 Å². The Morgan fingerprint density at radius 3 is 2.45 bits per heavy atom. The molecule has 2 amide bonds. The van der Waals surface area contributed by atoms with Crippen molar-refractivity contribution in [3.63, 3.8) is 0 Å². The van der Waals surface area contributed by atoms with Crippen LogP contribution in [0.4, 0.5) is 9.18 Å². The molecule has 2 aromatic carbocycles. The number of ether oxygens (including phenoxy) is 1. The first-order valence-corrected chi connectivity index (χ1v) is 10.5. The number of nitrogens with zero attached hydrogens (tertiary/aromatic N) is 2. The Morgan fingerprint density at radius 1 is 1.06 bits per heavy atom. The molecule has 1 saturated heterocycles. The Kier molecular flexibility index (Phi) is 5.69. The van der Waals surface area contributed by atoms with Gasteiger partial charge in [0.2, 0.25) is 0 Å². The number of aryl methyl sites for hydroxylation is 1. The highest BCUT2D eigenvalue weighted by molar-refractivity contribution is 8.18. The van der Waals surface area contributed by atoms with Crippen molar-refractivity contribution in [3.8, 4) is 11.4 Å². The number of carbonyl (C=O) groups excluding carboxylic acids is 2. The molecule has 31 heavy (non-hydrogen) atoms. The minimum Gasteiger partial charge on any atom is -0.497 e. The molecule has 4 rings (SSSR count). The maximum Gasteiger partial charge on any atom is 0.293 e. The van der Waals surface area contributed by atoms with E-state index in [0.717, 1.165) is 45.1 Å². The summed E-state index contributed by atoms with van der Waals surface area (Å²) in [6, 6.07) is 15.8. The molecule has 0 spiro atoms. The molecule has 1 fully saturated rings. The molecule has 7 heteroatoms. The molecular weight excluding hydrogens is 415 g/mol. The number of hydrogen-bond donors (Lipinski definition) is 0. The molecule has 1 aliphatic heterocycles. The molecule has 0 saturated carbocycles. The van der Waals surface area contributed by atoms with Gasteiger partial charge in [-0.25, -0.2) is 4.39 Å². The number of halogens is 1. The number of methoxy groups -OCH3 is 1. The minimum atomic E-state index is -0.437. The van der Waals surface area contributed by atoms with E-state index < -0.39 is 17.0 Å². The van der Waals surface area contributed by atoms with Crippen LogP contribution in [0.25, 0.3) is 11.8 Å². The molecule has 2 heterocycles. The zero-order valence-electron chi connectivity index (χ0n) is 17.4. The summed E-state index contributed by atoms with van der Waals surface area (Å²) in [5.41, 5.74) is 4.08. The predicted molar refractivity (Wildman–Crippen MR) is 120 cm³/mol. The standard InChI is InChI=1S/C24H21FN2O3S/c1-15-12-18(16(2)27(15)19-8-10-20(30-3)11-9-19)13-22-23(28)26(24(29)31-22)14-17-6-4-5-7-21(17)25/h4-13H,14H2,1-3H3/b22-13-. The van der Waals surface area contributed by atoms with E-state index in [0.29, 0.717) is 10.5 Å². The second-order valence-electron chi connectivity index (χ2n) is 7.22. The molecule has 3 aromatic rings. The fraction of sp³-hybridized carbons (Fsp3) is 0.167. The lowest BCUT2D eigenvalue weighted by Crippen LogP contribution is -2.27. The molecule has 0 radical (unpaired) electrons. The number of rotatable bonds is 5. The van der Waals surface area contributed by atoms with Crippen LogP contribution in [0.15, 0.2) is 59.5 Å². The number of imide groups is 1. The van der Waals surface area contributed by atoms with Crippen molar-refractivity contribution >= 4 is 29.0 Å². The SMILES string of the molecule is COc1ccc(-n2c(C)cc(/C=C3\SC(=O)N(Cc4ccccc4F)C3=O)c2C)cc1. The van der Waals surface area contributed by atoms with Crippen LogP contribution >= 0.6 is 11.8 Å². The van der Waals surface area contributed by atoms with Crippen molar-refractivity contribution in [2.75, 3.05) is 7.11 Å². The number of amides is 2. The van der Waals surface area contributed by atoms with Crippen molar-refractivity contribution in [1.82, 2.24) is 9.47 Å². The second-order valence-corrected chi connectivity index (χ2v) is 8.21. The Morgan fingerprint density at radius 2 is 1.77 bits per heavy atom. The van der Waals surface area contributed by atoms with Gasteiger partial charge in [0.15, 0.2) is 0 Å². The molecule has 0 N–H and O–H groups in total. The predicted octanol–water partition coefficient (Wildman–Crippen LogP) is 5.48. The van der Waals surface area contributed by atoms with Crippen LogP contribution in [0.1, 0.15) is 22.5 Å². The zero-order chi connectivity index (χ0) is 22.1. The monoisotopic (exact) mass is 436 g/mol.